The molecule has 1 aliphatic rings. The average Bonchev–Trinajstić information content (AvgIpc) is 2.77. The van der Waals surface area contributed by atoms with Gasteiger partial charge in [-0.2, -0.15) is 0 Å². The van der Waals surface area contributed by atoms with Crippen LogP contribution in [0.4, 0.5) is 0 Å². The number of aromatic amines is 2. The average molecular weight is 322 g/mol. The number of hydrogen-bond donors (Lipinski definition) is 5. The molecular weight excluding hydrogens is 307 g/mol. The summed E-state index contributed by atoms with van der Waals surface area (Å²) in [6.07, 6.45) is -2.29. The molecule has 10 nitrogen and oxygen atoms in total. The van der Waals surface area contributed by atoms with Crippen molar-refractivity contribution in [3.8, 4) is 0 Å². The van der Waals surface area contributed by atoms with Crippen LogP contribution < -0.4 is 11.2 Å². The molecule has 1 aliphatic heterocycles. The summed E-state index contributed by atoms with van der Waals surface area (Å²) in [6.45, 7) is 0.0295. The molecule has 0 bridgehead atoms. The van der Waals surface area contributed by atoms with Gasteiger partial charge in [0.05, 0.1) is 24.4 Å². The smallest absolute Gasteiger partial charge is 0.351 e. The first kappa shape index (κ1) is 16.1. The summed E-state index contributed by atoms with van der Waals surface area (Å²) in [5, 5.41) is 9.46. The zero-order valence-corrected chi connectivity index (χ0v) is 11.7. The molecule has 0 aromatic carbocycles. The van der Waals surface area contributed by atoms with E-state index in [9.17, 15) is 19.3 Å². The van der Waals surface area contributed by atoms with Crippen molar-refractivity contribution in [2.75, 3.05) is 13.0 Å². The molecule has 1 saturated heterocycles. The summed E-state index contributed by atoms with van der Waals surface area (Å²) in [4.78, 5) is 44.8. The van der Waals surface area contributed by atoms with Crippen molar-refractivity contribution in [1.29, 1.82) is 0 Å². The van der Waals surface area contributed by atoms with E-state index in [1.807, 2.05) is 4.98 Å². The van der Waals surface area contributed by atoms with E-state index in [1.54, 1.807) is 0 Å². The van der Waals surface area contributed by atoms with E-state index in [0.717, 1.165) is 6.20 Å². The monoisotopic (exact) mass is 322 g/mol. The predicted molar refractivity (Wildman–Crippen MR) is 68.8 cm³/mol. The fourth-order valence-electron chi connectivity index (χ4n) is 2.06. The molecule has 2 heterocycles. The molecule has 0 saturated carbocycles. The first-order valence-corrected chi connectivity index (χ1v) is 7.84. The van der Waals surface area contributed by atoms with Gasteiger partial charge in [0.25, 0.3) is 5.56 Å². The number of ether oxygens (including phenoxy) is 2. The number of aliphatic hydroxyl groups excluding tert-OH is 1. The van der Waals surface area contributed by atoms with Gasteiger partial charge in [0.15, 0.2) is 0 Å². The Balaban J connectivity index is 2.28. The Hall–Kier alpha value is -1.29. The third-order valence-corrected chi connectivity index (χ3v) is 3.41. The lowest BCUT2D eigenvalue weighted by Crippen LogP contribution is -2.32. The van der Waals surface area contributed by atoms with Gasteiger partial charge in [0.2, 0.25) is 0 Å². The normalized spacial score (nSPS) is 24.1. The second-order valence-corrected chi connectivity index (χ2v) is 6.26. The van der Waals surface area contributed by atoms with Gasteiger partial charge in [-0.05, 0) is 0 Å². The fraction of sp³-hybridized carbons (Fsp3) is 0.600. The van der Waals surface area contributed by atoms with Crippen LogP contribution >= 0.6 is 7.60 Å². The molecule has 5 N–H and O–H groups in total. The molecule has 1 fully saturated rings. The number of rotatable bonds is 5. The van der Waals surface area contributed by atoms with Crippen LogP contribution in [0.3, 0.4) is 0 Å². The standard InChI is InChI=1S/C10H15N2O8P/c13-5-1-7(19-3-5)8(20-4-21(16,17)18)6-2-11-10(15)12-9(6)14/h2,5,7-8,13H,1,3-4H2,(H2,16,17,18)(H2,11,12,14,15)/t5-,7?,8?/m0/s1. The third-order valence-electron chi connectivity index (χ3n) is 2.92. The molecule has 0 radical (unpaired) electrons. The van der Waals surface area contributed by atoms with E-state index < -0.39 is 43.5 Å². The van der Waals surface area contributed by atoms with Crippen LogP contribution in [0.1, 0.15) is 18.1 Å². The first-order chi connectivity index (χ1) is 9.76. The molecule has 2 unspecified atom stereocenters. The highest BCUT2D eigenvalue weighted by atomic mass is 31.2. The Morgan fingerprint density at radius 1 is 1.48 bits per heavy atom. The summed E-state index contributed by atoms with van der Waals surface area (Å²) < 4.78 is 21.3. The van der Waals surface area contributed by atoms with Gasteiger partial charge in [0, 0.05) is 12.6 Å². The van der Waals surface area contributed by atoms with Gasteiger partial charge in [-0.1, -0.05) is 0 Å². The fourth-order valence-corrected chi connectivity index (χ4v) is 2.41. The van der Waals surface area contributed by atoms with Crippen molar-refractivity contribution in [2.45, 2.75) is 24.7 Å². The van der Waals surface area contributed by atoms with E-state index in [1.165, 1.54) is 0 Å². The minimum Gasteiger partial charge on any atom is -0.391 e. The maximum atomic E-state index is 11.8. The number of aliphatic hydroxyl groups is 1. The van der Waals surface area contributed by atoms with Crippen molar-refractivity contribution >= 4 is 7.60 Å². The minimum atomic E-state index is -4.44. The zero-order valence-electron chi connectivity index (χ0n) is 10.8. The van der Waals surface area contributed by atoms with Gasteiger partial charge in [-0.15, -0.1) is 0 Å². The third kappa shape index (κ3) is 4.34. The van der Waals surface area contributed by atoms with Crippen LogP contribution in [-0.2, 0) is 14.0 Å². The Labute approximate surface area is 117 Å². The number of hydrogen-bond acceptors (Lipinski definition) is 6. The molecule has 0 amide bonds. The van der Waals surface area contributed by atoms with Crippen LogP contribution in [0.15, 0.2) is 15.8 Å². The van der Waals surface area contributed by atoms with Gasteiger partial charge < -0.3 is 29.4 Å². The van der Waals surface area contributed by atoms with E-state index in [2.05, 4.69) is 4.98 Å². The molecule has 11 heteroatoms. The largest absolute Gasteiger partial charge is 0.391 e. The van der Waals surface area contributed by atoms with Crippen molar-refractivity contribution < 1.29 is 28.9 Å². The van der Waals surface area contributed by atoms with E-state index in [-0.39, 0.29) is 18.6 Å². The predicted octanol–water partition coefficient (Wildman–Crippen LogP) is -1.59. The number of H-pyrrole nitrogens is 2. The van der Waals surface area contributed by atoms with Gasteiger partial charge in [-0.25, -0.2) is 4.79 Å². The van der Waals surface area contributed by atoms with Crippen LogP contribution in [0.5, 0.6) is 0 Å². The zero-order chi connectivity index (χ0) is 15.6. The summed E-state index contributed by atoms with van der Waals surface area (Å²) in [5.41, 5.74) is -1.51. The molecule has 1 aromatic heterocycles. The molecule has 1 aromatic rings. The quantitative estimate of drug-likeness (QED) is 0.405. The van der Waals surface area contributed by atoms with Crippen LogP contribution in [0, 0.1) is 0 Å². The highest BCUT2D eigenvalue weighted by Gasteiger charge is 2.35. The van der Waals surface area contributed by atoms with E-state index in [0.29, 0.717) is 0 Å². The second-order valence-electron chi connectivity index (χ2n) is 4.67. The molecule has 2 rings (SSSR count). The number of aromatic nitrogens is 2. The lowest BCUT2D eigenvalue weighted by Gasteiger charge is -2.22. The summed E-state index contributed by atoms with van der Waals surface area (Å²) in [7, 11) is -4.44. The maximum Gasteiger partial charge on any atom is 0.351 e. The summed E-state index contributed by atoms with van der Waals surface area (Å²) >= 11 is 0. The molecule has 0 aliphatic carbocycles. The highest BCUT2D eigenvalue weighted by Crippen LogP contribution is 2.38. The lowest BCUT2D eigenvalue weighted by atomic mass is 10.0. The Kier molecular flexibility index (Phi) is 4.77. The SMILES string of the molecule is O=c1[nH]cc(C(OCP(=O)(O)O)C2C[C@H](O)CO2)c(=O)[nH]1. The summed E-state index contributed by atoms with van der Waals surface area (Å²) in [6, 6.07) is 0. The molecule has 0 spiro atoms. The van der Waals surface area contributed by atoms with Crippen LogP contribution in [0.2, 0.25) is 0 Å². The van der Waals surface area contributed by atoms with Gasteiger partial charge in [0.1, 0.15) is 12.5 Å². The lowest BCUT2D eigenvalue weighted by molar-refractivity contribution is -0.0405. The molecule has 3 atom stereocenters. The molecule has 21 heavy (non-hydrogen) atoms. The van der Waals surface area contributed by atoms with Crippen LogP contribution in [-0.4, -0.2) is 50.0 Å². The van der Waals surface area contributed by atoms with Crippen molar-refractivity contribution in [3.63, 3.8) is 0 Å². The van der Waals surface area contributed by atoms with Crippen molar-refractivity contribution in [1.82, 2.24) is 9.97 Å². The van der Waals surface area contributed by atoms with Crippen LogP contribution in [0.25, 0.3) is 0 Å². The Morgan fingerprint density at radius 2 is 2.19 bits per heavy atom. The Morgan fingerprint density at radius 3 is 2.71 bits per heavy atom. The molecule has 118 valence electrons. The Bertz CT molecular complexity index is 649. The maximum absolute atomic E-state index is 11.8. The summed E-state index contributed by atoms with van der Waals surface area (Å²) in [5.74, 6) is 0. The first-order valence-electron chi connectivity index (χ1n) is 6.04. The van der Waals surface area contributed by atoms with Gasteiger partial charge in [-0.3, -0.25) is 14.3 Å². The number of nitrogens with one attached hydrogen (secondary N) is 2. The molecular formula is C10H15N2O8P. The van der Waals surface area contributed by atoms with Gasteiger partial charge >= 0.3 is 13.3 Å². The van der Waals surface area contributed by atoms with E-state index in [4.69, 9.17) is 19.3 Å². The topological polar surface area (TPSA) is 162 Å². The van der Waals surface area contributed by atoms with Crippen molar-refractivity contribution in [2.24, 2.45) is 0 Å². The minimum absolute atomic E-state index is 0.0295. The highest BCUT2D eigenvalue weighted by molar-refractivity contribution is 7.51. The van der Waals surface area contributed by atoms with Crippen molar-refractivity contribution in [3.05, 3.63) is 32.6 Å². The van der Waals surface area contributed by atoms with E-state index >= 15 is 0 Å². The second kappa shape index (κ2) is 6.22.